The highest BCUT2D eigenvalue weighted by molar-refractivity contribution is 9.10. The number of para-hydroxylation sites is 1. The van der Waals surface area contributed by atoms with Crippen LogP contribution in [0.4, 0.5) is 10.1 Å². The molecule has 3 nitrogen and oxygen atoms in total. The van der Waals surface area contributed by atoms with Gasteiger partial charge in [0.15, 0.2) is 0 Å². The second kappa shape index (κ2) is 7.26. The Balaban J connectivity index is 1.77. The Labute approximate surface area is 125 Å². The normalized spacial score (nSPS) is 11.9. The van der Waals surface area contributed by atoms with Gasteiger partial charge in [-0.05, 0) is 36.4 Å². The minimum absolute atomic E-state index is 0.142. The van der Waals surface area contributed by atoms with E-state index in [1.165, 1.54) is 6.07 Å². The molecule has 0 saturated heterocycles. The van der Waals surface area contributed by atoms with Gasteiger partial charge in [-0.15, -0.1) is 0 Å². The molecule has 106 valence electrons. The lowest BCUT2D eigenvalue weighted by atomic mass is 10.3. The first kappa shape index (κ1) is 14.8. The van der Waals surface area contributed by atoms with Crippen molar-refractivity contribution in [1.82, 2.24) is 0 Å². The lowest BCUT2D eigenvalue weighted by Gasteiger charge is -2.14. The molecule has 1 atom stereocenters. The number of rotatable bonds is 6. The van der Waals surface area contributed by atoms with Crippen molar-refractivity contribution in [3.63, 3.8) is 0 Å². The number of halogens is 2. The maximum absolute atomic E-state index is 13.3. The predicted octanol–water partition coefficient (Wildman–Crippen LogP) is 3.44. The van der Waals surface area contributed by atoms with Gasteiger partial charge in [-0.25, -0.2) is 4.39 Å². The lowest BCUT2D eigenvalue weighted by Crippen LogP contribution is -2.26. The molecule has 0 heterocycles. The number of aliphatic hydroxyl groups excluding tert-OH is 1. The third kappa shape index (κ3) is 4.51. The molecule has 2 aromatic rings. The summed E-state index contributed by atoms with van der Waals surface area (Å²) in [5.41, 5.74) is 0.371. The van der Waals surface area contributed by atoms with Crippen molar-refractivity contribution in [2.45, 2.75) is 6.10 Å². The number of anilines is 1. The zero-order valence-corrected chi connectivity index (χ0v) is 12.3. The topological polar surface area (TPSA) is 41.5 Å². The fourth-order valence-corrected chi connectivity index (χ4v) is 1.88. The minimum Gasteiger partial charge on any atom is -0.491 e. The Morgan fingerprint density at radius 2 is 1.85 bits per heavy atom. The van der Waals surface area contributed by atoms with Gasteiger partial charge < -0.3 is 15.2 Å². The van der Waals surface area contributed by atoms with Crippen LogP contribution in [0.15, 0.2) is 53.0 Å². The summed E-state index contributed by atoms with van der Waals surface area (Å²) in [6, 6.07) is 13.7. The Kier molecular flexibility index (Phi) is 5.38. The van der Waals surface area contributed by atoms with Crippen molar-refractivity contribution in [2.24, 2.45) is 0 Å². The summed E-state index contributed by atoms with van der Waals surface area (Å²) >= 11 is 3.33. The van der Waals surface area contributed by atoms with E-state index in [-0.39, 0.29) is 19.0 Å². The third-order valence-electron chi connectivity index (χ3n) is 2.66. The highest BCUT2D eigenvalue weighted by Gasteiger charge is 2.07. The fraction of sp³-hybridized carbons (Fsp3) is 0.200. The van der Waals surface area contributed by atoms with E-state index < -0.39 is 6.10 Å². The number of hydrogen-bond acceptors (Lipinski definition) is 3. The van der Waals surface area contributed by atoms with E-state index in [0.29, 0.717) is 11.4 Å². The first-order valence-electron chi connectivity index (χ1n) is 6.20. The van der Waals surface area contributed by atoms with Gasteiger partial charge in [0.25, 0.3) is 0 Å². The van der Waals surface area contributed by atoms with Crippen molar-refractivity contribution in [1.29, 1.82) is 0 Å². The molecule has 0 aliphatic rings. The van der Waals surface area contributed by atoms with E-state index in [2.05, 4.69) is 21.2 Å². The van der Waals surface area contributed by atoms with Crippen LogP contribution in [0.25, 0.3) is 0 Å². The molecule has 0 amide bonds. The summed E-state index contributed by atoms with van der Waals surface area (Å²) in [5, 5.41) is 12.6. The molecule has 20 heavy (non-hydrogen) atoms. The van der Waals surface area contributed by atoms with E-state index in [1.54, 1.807) is 30.3 Å². The molecule has 0 fully saturated rings. The molecule has 2 N–H and O–H groups in total. The molecule has 2 rings (SSSR count). The van der Waals surface area contributed by atoms with Gasteiger partial charge in [-0.3, -0.25) is 0 Å². The quantitative estimate of drug-likeness (QED) is 0.847. The van der Waals surface area contributed by atoms with Crippen LogP contribution in [-0.4, -0.2) is 24.4 Å². The van der Waals surface area contributed by atoms with Gasteiger partial charge in [0.1, 0.15) is 24.3 Å². The van der Waals surface area contributed by atoms with E-state index >= 15 is 0 Å². The summed E-state index contributed by atoms with van der Waals surface area (Å²) in [6.45, 7) is 0.362. The first-order chi connectivity index (χ1) is 9.65. The molecule has 0 saturated carbocycles. The maximum atomic E-state index is 13.3. The highest BCUT2D eigenvalue weighted by atomic mass is 79.9. The van der Waals surface area contributed by atoms with Crippen LogP contribution in [-0.2, 0) is 0 Å². The minimum atomic E-state index is -0.724. The SMILES string of the molecule is OC(CNc1ccccc1F)COc1ccc(Br)cc1. The van der Waals surface area contributed by atoms with Crippen LogP contribution < -0.4 is 10.1 Å². The van der Waals surface area contributed by atoms with Crippen molar-refractivity contribution in [3.05, 3.63) is 58.8 Å². The first-order valence-corrected chi connectivity index (χ1v) is 6.99. The highest BCUT2D eigenvalue weighted by Crippen LogP contribution is 2.16. The molecular weight excluding hydrogens is 325 g/mol. The largest absolute Gasteiger partial charge is 0.491 e. The summed E-state index contributed by atoms with van der Waals surface area (Å²) < 4.78 is 19.8. The molecular formula is C15H15BrFNO2. The van der Waals surface area contributed by atoms with E-state index in [4.69, 9.17) is 4.74 Å². The average molecular weight is 340 g/mol. The second-order valence-electron chi connectivity index (χ2n) is 4.28. The number of aliphatic hydroxyl groups is 1. The molecule has 1 unspecified atom stereocenters. The zero-order chi connectivity index (χ0) is 14.4. The molecule has 0 spiro atoms. The molecule has 2 aromatic carbocycles. The van der Waals surface area contributed by atoms with E-state index in [9.17, 15) is 9.50 Å². The summed E-state index contributed by atoms with van der Waals surface area (Å²) in [4.78, 5) is 0. The van der Waals surface area contributed by atoms with Crippen LogP contribution in [0.1, 0.15) is 0 Å². The van der Waals surface area contributed by atoms with Crippen molar-refractivity contribution < 1.29 is 14.2 Å². The number of benzene rings is 2. The maximum Gasteiger partial charge on any atom is 0.146 e. The van der Waals surface area contributed by atoms with Crippen molar-refractivity contribution >= 4 is 21.6 Å². The second-order valence-corrected chi connectivity index (χ2v) is 5.20. The van der Waals surface area contributed by atoms with Crippen LogP contribution in [0.2, 0.25) is 0 Å². The molecule has 0 radical (unpaired) electrons. The Morgan fingerprint density at radius 3 is 2.55 bits per heavy atom. The van der Waals surface area contributed by atoms with Crippen LogP contribution in [0.3, 0.4) is 0 Å². The number of nitrogens with one attached hydrogen (secondary N) is 1. The van der Waals surface area contributed by atoms with Crippen LogP contribution in [0, 0.1) is 5.82 Å². The molecule has 5 heteroatoms. The molecule has 0 aliphatic heterocycles. The Bertz CT molecular complexity index is 548. The number of ether oxygens (including phenoxy) is 1. The average Bonchev–Trinajstić information content (AvgIpc) is 2.46. The van der Waals surface area contributed by atoms with Gasteiger partial charge in [-0.2, -0.15) is 0 Å². The number of hydrogen-bond donors (Lipinski definition) is 2. The molecule has 0 bridgehead atoms. The lowest BCUT2D eigenvalue weighted by molar-refractivity contribution is 0.117. The van der Waals surface area contributed by atoms with Gasteiger partial charge >= 0.3 is 0 Å². The summed E-state index contributed by atoms with van der Waals surface area (Å²) in [5.74, 6) is 0.340. The molecule has 0 aromatic heterocycles. The van der Waals surface area contributed by atoms with E-state index in [1.807, 2.05) is 12.1 Å². The molecule has 0 aliphatic carbocycles. The van der Waals surface area contributed by atoms with Gasteiger partial charge in [0.05, 0.1) is 5.69 Å². The van der Waals surface area contributed by atoms with Crippen LogP contribution >= 0.6 is 15.9 Å². The Morgan fingerprint density at radius 1 is 1.15 bits per heavy atom. The predicted molar refractivity (Wildman–Crippen MR) is 80.5 cm³/mol. The van der Waals surface area contributed by atoms with Gasteiger partial charge in [-0.1, -0.05) is 28.1 Å². The summed E-state index contributed by atoms with van der Waals surface area (Å²) in [6.07, 6.45) is -0.724. The summed E-state index contributed by atoms with van der Waals surface area (Å²) in [7, 11) is 0. The van der Waals surface area contributed by atoms with Gasteiger partial charge in [0.2, 0.25) is 0 Å². The third-order valence-corrected chi connectivity index (χ3v) is 3.19. The zero-order valence-electron chi connectivity index (χ0n) is 10.7. The smallest absolute Gasteiger partial charge is 0.146 e. The van der Waals surface area contributed by atoms with Gasteiger partial charge in [0, 0.05) is 11.0 Å². The van der Waals surface area contributed by atoms with Crippen LogP contribution in [0.5, 0.6) is 5.75 Å². The standard InChI is InChI=1S/C15H15BrFNO2/c16-11-5-7-13(8-6-11)20-10-12(19)9-18-15-4-2-1-3-14(15)17/h1-8,12,18-19H,9-10H2. The van der Waals surface area contributed by atoms with Crippen molar-refractivity contribution in [2.75, 3.05) is 18.5 Å². The fourth-order valence-electron chi connectivity index (χ4n) is 1.61. The van der Waals surface area contributed by atoms with Crippen molar-refractivity contribution in [3.8, 4) is 5.75 Å². The van der Waals surface area contributed by atoms with E-state index in [0.717, 1.165) is 4.47 Å². The monoisotopic (exact) mass is 339 g/mol. The Hall–Kier alpha value is -1.59.